The van der Waals surface area contributed by atoms with Crippen molar-refractivity contribution in [1.82, 2.24) is 0 Å². The van der Waals surface area contributed by atoms with Gasteiger partial charge in [0.15, 0.2) is 0 Å². The lowest BCUT2D eigenvalue weighted by atomic mass is 10.0. The van der Waals surface area contributed by atoms with Gasteiger partial charge in [-0.2, -0.15) is 11.8 Å². The van der Waals surface area contributed by atoms with Crippen LogP contribution in [0.2, 0.25) is 0 Å². The van der Waals surface area contributed by atoms with E-state index in [0.29, 0.717) is 17.9 Å². The summed E-state index contributed by atoms with van der Waals surface area (Å²) in [5.74, 6) is 2.02. The van der Waals surface area contributed by atoms with E-state index in [4.69, 9.17) is 5.11 Å². The van der Waals surface area contributed by atoms with E-state index in [0.717, 1.165) is 12.2 Å². The van der Waals surface area contributed by atoms with Gasteiger partial charge < -0.3 is 5.11 Å². The number of aliphatic carboxylic acids is 1. The van der Waals surface area contributed by atoms with Gasteiger partial charge in [0.2, 0.25) is 0 Å². The highest BCUT2D eigenvalue weighted by Gasteiger charge is 2.15. The van der Waals surface area contributed by atoms with Crippen LogP contribution >= 0.6 is 11.8 Å². The Labute approximate surface area is 77.0 Å². The first-order valence-corrected chi connectivity index (χ1v) is 5.41. The van der Waals surface area contributed by atoms with Crippen molar-refractivity contribution in [3.05, 3.63) is 11.6 Å². The minimum absolute atomic E-state index is 0.501. The minimum Gasteiger partial charge on any atom is -0.478 e. The highest BCUT2D eigenvalue weighted by Crippen LogP contribution is 2.25. The van der Waals surface area contributed by atoms with Gasteiger partial charge in [-0.25, -0.2) is 4.79 Å². The molecular formula is C9H14O2S. The number of rotatable bonds is 3. The summed E-state index contributed by atoms with van der Waals surface area (Å²) in [6, 6.07) is 0. The number of carbonyl (C=O) groups is 1. The fraction of sp³-hybridized carbons (Fsp3) is 0.667. The number of carboxylic acids is 1. The molecule has 1 atom stereocenters. The number of allylic oxidation sites excluding steroid dienone is 1. The lowest BCUT2D eigenvalue weighted by molar-refractivity contribution is -0.132. The van der Waals surface area contributed by atoms with Crippen LogP contribution in [-0.4, -0.2) is 22.6 Å². The van der Waals surface area contributed by atoms with Crippen LogP contribution in [0, 0.1) is 5.92 Å². The monoisotopic (exact) mass is 186 g/mol. The summed E-state index contributed by atoms with van der Waals surface area (Å²) in [5.41, 5.74) is 0.572. The Morgan fingerprint density at radius 2 is 2.50 bits per heavy atom. The SMILES string of the molecule is CC/C(=C\C1CCSC1)C(=O)O. The van der Waals surface area contributed by atoms with Crippen molar-refractivity contribution in [1.29, 1.82) is 0 Å². The van der Waals surface area contributed by atoms with Gasteiger partial charge >= 0.3 is 5.97 Å². The molecule has 0 aromatic heterocycles. The zero-order valence-electron chi connectivity index (χ0n) is 7.25. The average molecular weight is 186 g/mol. The van der Waals surface area contributed by atoms with Gasteiger partial charge in [-0.3, -0.25) is 0 Å². The zero-order valence-corrected chi connectivity index (χ0v) is 8.06. The molecule has 1 rings (SSSR count). The summed E-state index contributed by atoms with van der Waals surface area (Å²) in [6.45, 7) is 1.89. The molecule has 0 bridgehead atoms. The standard InChI is InChI=1S/C9H14O2S/c1-2-8(9(10)11)5-7-3-4-12-6-7/h5,7H,2-4,6H2,1H3,(H,10,11)/b8-5+. The topological polar surface area (TPSA) is 37.3 Å². The predicted octanol–water partition coefficient (Wildman–Crippen LogP) is 2.16. The first kappa shape index (κ1) is 9.65. The van der Waals surface area contributed by atoms with E-state index in [9.17, 15) is 4.79 Å². The molecule has 0 aliphatic carbocycles. The highest BCUT2D eigenvalue weighted by atomic mass is 32.2. The molecule has 1 saturated heterocycles. The molecule has 68 valence electrons. The Kier molecular flexibility index (Phi) is 3.66. The third-order valence-corrected chi connectivity index (χ3v) is 3.25. The number of hydrogen-bond donors (Lipinski definition) is 1. The summed E-state index contributed by atoms with van der Waals surface area (Å²) in [4.78, 5) is 10.6. The van der Waals surface area contributed by atoms with E-state index in [1.807, 2.05) is 24.8 Å². The summed E-state index contributed by atoms with van der Waals surface area (Å²) in [5, 5.41) is 8.76. The van der Waals surface area contributed by atoms with Crippen LogP contribution < -0.4 is 0 Å². The smallest absolute Gasteiger partial charge is 0.331 e. The molecule has 2 nitrogen and oxygen atoms in total. The molecule has 1 unspecified atom stereocenters. The van der Waals surface area contributed by atoms with Crippen LogP contribution in [0.5, 0.6) is 0 Å². The molecule has 0 amide bonds. The van der Waals surface area contributed by atoms with Crippen LogP contribution in [0.25, 0.3) is 0 Å². The maximum atomic E-state index is 10.6. The first-order valence-electron chi connectivity index (χ1n) is 4.25. The van der Waals surface area contributed by atoms with E-state index in [2.05, 4.69) is 0 Å². The minimum atomic E-state index is -0.755. The molecule has 1 fully saturated rings. The summed E-state index contributed by atoms with van der Waals surface area (Å²) in [7, 11) is 0. The lowest BCUT2D eigenvalue weighted by Crippen LogP contribution is -2.03. The molecule has 0 aromatic rings. The van der Waals surface area contributed by atoms with Crippen molar-refractivity contribution in [2.75, 3.05) is 11.5 Å². The summed E-state index contributed by atoms with van der Waals surface area (Å²) >= 11 is 1.91. The fourth-order valence-corrected chi connectivity index (χ4v) is 2.51. The van der Waals surface area contributed by atoms with Crippen LogP contribution in [0.15, 0.2) is 11.6 Å². The molecule has 12 heavy (non-hydrogen) atoms. The normalized spacial score (nSPS) is 24.4. The Morgan fingerprint density at radius 3 is 2.92 bits per heavy atom. The Hall–Kier alpha value is -0.440. The van der Waals surface area contributed by atoms with Crippen LogP contribution in [0.3, 0.4) is 0 Å². The number of thioether (sulfide) groups is 1. The second-order valence-corrected chi connectivity index (χ2v) is 4.12. The van der Waals surface area contributed by atoms with Crippen molar-refractivity contribution >= 4 is 17.7 Å². The van der Waals surface area contributed by atoms with Gasteiger partial charge in [0.05, 0.1) is 0 Å². The van der Waals surface area contributed by atoms with Crippen molar-refractivity contribution in [2.45, 2.75) is 19.8 Å². The zero-order chi connectivity index (χ0) is 8.97. The summed E-state index contributed by atoms with van der Waals surface area (Å²) in [6.07, 6.45) is 3.71. The van der Waals surface area contributed by atoms with Gasteiger partial charge in [0.1, 0.15) is 0 Å². The van der Waals surface area contributed by atoms with Gasteiger partial charge in [-0.1, -0.05) is 13.0 Å². The highest BCUT2D eigenvalue weighted by molar-refractivity contribution is 7.99. The van der Waals surface area contributed by atoms with Crippen LogP contribution in [0.1, 0.15) is 19.8 Å². The fourth-order valence-electron chi connectivity index (χ4n) is 1.31. The largest absolute Gasteiger partial charge is 0.478 e. The molecule has 3 heteroatoms. The van der Waals surface area contributed by atoms with E-state index in [1.165, 1.54) is 5.75 Å². The molecule has 0 saturated carbocycles. The van der Waals surface area contributed by atoms with Gasteiger partial charge in [-0.15, -0.1) is 0 Å². The average Bonchev–Trinajstić information content (AvgIpc) is 2.51. The Morgan fingerprint density at radius 1 is 1.75 bits per heavy atom. The molecule has 1 aliphatic rings. The van der Waals surface area contributed by atoms with Gasteiger partial charge in [-0.05, 0) is 30.3 Å². The molecule has 0 radical (unpaired) electrons. The first-order chi connectivity index (χ1) is 5.74. The van der Waals surface area contributed by atoms with Crippen molar-refractivity contribution < 1.29 is 9.90 Å². The van der Waals surface area contributed by atoms with E-state index in [-0.39, 0.29) is 0 Å². The van der Waals surface area contributed by atoms with Crippen LogP contribution in [-0.2, 0) is 4.79 Å². The second kappa shape index (κ2) is 4.55. The quantitative estimate of drug-likeness (QED) is 0.686. The van der Waals surface area contributed by atoms with Crippen molar-refractivity contribution in [3.8, 4) is 0 Å². The van der Waals surface area contributed by atoms with Crippen molar-refractivity contribution in [2.24, 2.45) is 5.92 Å². The molecule has 1 heterocycles. The molecule has 0 spiro atoms. The van der Waals surface area contributed by atoms with E-state index in [1.54, 1.807) is 0 Å². The number of hydrogen-bond acceptors (Lipinski definition) is 2. The maximum absolute atomic E-state index is 10.6. The lowest BCUT2D eigenvalue weighted by Gasteiger charge is -2.02. The number of carboxylic acid groups (broad SMARTS) is 1. The third kappa shape index (κ3) is 2.55. The summed E-state index contributed by atoms with van der Waals surface area (Å²) < 4.78 is 0. The van der Waals surface area contributed by atoms with E-state index < -0.39 is 5.97 Å². The molecule has 0 aromatic carbocycles. The molecule has 1 aliphatic heterocycles. The van der Waals surface area contributed by atoms with Gasteiger partial charge in [0.25, 0.3) is 0 Å². The van der Waals surface area contributed by atoms with Gasteiger partial charge in [0, 0.05) is 5.57 Å². The van der Waals surface area contributed by atoms with Crippen molar-refractivity contribution in [3.63, 3.8) is 0 Å². The molecule has 1 N–H and O–H groups in total. The Bertz CT molecular complexity index is 193. The maximum Gasteiger partial charge on any atom is 0.331 e. The second-order valence-electron chi connectivity index (χ2n) is 2.97. The van der Waals surface area contributed by atoms with E-state index >= 15 is 0 Å². The predicted molar refractivity (Wildman–Crippen MR) is 51.4 cm³/mol. The Balaban J connectivity index is 2.56. The van der Waals surface area contributed by atoms with Crippen LogP contribution in [0.4, 0.5) is 0 Å². The molecular weight excluding hydrogens is 172 g/mol. The third-order valence-electron chi connectivity index (χ3n) is 2.06.